The second-order valence-electron chi connectivity index (χ2n) is 5.79. The number of aromatic nitrogens is 2. The molecule has 29 heavy (non-hydrogen) atoms. The van der Waals surface area contributed by atoms with Gasteiger partial charge in [-0.3, -0.25) is 24.7 Å². The summed E-state index contributed by atoms with van der Waals surface area (Å²) in [6.07, 6.45) is 4.19. The first-order chi connectivity index (χ1) is 14.0. The normalized spacial score (nSPS) is 11.6. The van der Waals surface area contributed by atoms with Crippen molar-refractivity contribution in [3.05, 3.63) is 82.3 Å². The van der Waals surface area contributed by atoms with Gasteiger partial charge in [0.2, 0.25) is 6.41 Å². The van der Waals surface area contributed by atoms with Crippen molar-refractivity contribution >= 4 is 29.3 Å². The molecule has 0 saturated heterocycles. The zero-order valence-corrected chi connectivity index (χ0v) is 15.8. The number of hydrogen-bond donors (Lipinski definition) is 0. The van der Waals surface area contributed by atoms with Crippen LogP contribution in [-0.4, -0.2) is 27.4 Å². The average molecular weight is 414 g/mol. The van der Waals surface area contributed by atoms with Gasteiger partial charge in [0.05, 0.1) is 4.92 Å². The number of pyridine rings is 1. The molecule has 10 heteroatoms. The molecule has 0 radical (unpaired) electrons. The van der Waals surface area contributed by atoms with Gasteiger partial charge in [-0.1, -0.05) is 6.08 Å². The molecule has 2 aromatic heterocycles. The van der Waals surface area contributed by atoms with E-state index in [9.17, 15) is 19.3 Å². The summed E-state index contributed by atoms with van der Waals surface area (Å²) in [7, 11) is 0. The van der Waals surface area contributed by atoms with E-state index in [4.69, 9.17) is 4.84 Å². The fourth-order valence-corrected chi connectivity index (χ4v) is 3.34. The van der Waals surface area contributed by atoms with Crippen LogP contribution in [0.15, 0.2) is 60.8 Å². The van der Waals surface area contributed by atoms with E-state index in [-0.39, 0.29) is 23.5 Å². The fraction of sp³-hybridized carbons (Fsp3) is 0.105. The Bertz CT molecular complexity index is 1030. The average Bonchev–Trinajstić information content (AvgIpc) is 3.21. The molecule has 0 aliphatic rings. The Morgan fingerprint density at radius 1 is 1.34 bits per heavy atom. The molecule has 3 rings (SSSR count). The van der Waals surface area contributed by atoms with Gasteiger partial charge in [0, 0.05) is 41.4 Å². The predicted molar refractivity (Wildman–Crippen MR) is 106 cm³/mol. The Balaban J connectivity index is 1.79. The third kappa shape index (κ3) is 4.86. The number of benzene rings is 1. The lowest BCUT2D eigenvalue weighted by atomic mass is 10.1. The highest BCUT2D eigenvalue weighted by atomic mass is 32.1. The quantitative estimate of drug-likeness (QED) is 0.228. The standard InChI is InChI=1S/C19H15FN4O4S/c1-2-16(10-14-9-15(20)3-4-17(14)24(26)27)28-23(12-25)18-11-29-19(22-18)13-5-7-21-8-6-13/h2-9,11-12,16H,1,10H2. The van der Waals surface area contributed by atoms with E-state index in [1.165, 1.54) is 17.4 Å². The maximum absolute atomic E-state index is 13.6. The SMILES string of the molecule is C=CC(Cc1cc(F)ccc1[N+](=O)[O-])ON(C=O)c1csc(-c2ccncc2)n1. The lowest BCUT2D eigenvalue weighted by Crippen LogP contribution is -2.29. The monoisotopic (exact) mass is 414 g/mol. The van der Waals surface area contributed by atoms with Crippen molar-refractivity contribution in [1.82, 2.24) is 9.97 Å². The summed E-state index contributed by atoms with van der Waals surface area (Å²) in [6, 6.07) is 6.73. The number of nitro groups is 1. The third-order valence-corrected chi connectivity index (χ3v) is 4.79. The first kappa shape index (κ1) is 20.2. The summed E-state index contributed by atoms with van der Waals surface area (Å²) in [6.45, 7) is 3.63. The van der Waals surface area contributed by atoms with Crippen LogP contribution in [0.1, 0.15) is 5.56 Å². The lowest BCUT2D eigenvalue weighted by molar-refractivity contribution is -0.385. The van der Waals surface area contributed by atoms with Crippen molar-refractivity contribution in [2.24, 2.45) is 0 Å². The number of carbonyl (C=O) groups excluding carboxylic acids is 1. The number of nitro benzene ring substituents is 1. The zero-order valence-electron chi connectivity index (χ0n) is 15.0. The molecule has 0 fully saturated rings. The van der Waals surface area contributed by atoms with Crippen molar-refractivity contribution in [2.75, 3.05) is 5.06 Å². The molecule has 1 unspecified atom stereocenters. The molecule has 0 aliphatic carbocycles. The molecule has 0 bridgehead atoms. The fourth-order valence-electron chi connectivity index (χ4n) is 2.55. The highest BCUT2D eigenvalue weighted by Gasteiger charge is 2.21. The van der Waals surface area contributed by atoms with E-state index in [0.29, 0.717) is 11.4 Å². The Labute approximate surface area is 169 Å². The largest absolute Gasteiger partial charge is 0.276 e. The summed E-state index contributed by atoms with van der Waals surface area (Å²) in [5.41, 5.74) is 0.715. The minimum Gasteiger partial charge on any atom is -0.276 e. The highest BCUT2D eigenvalue weighted by Crippen LogP contribution is 2.28. The van der Waals surface area contributed by atoms with Gasteiger partial charge in [-0.05, 0) is 24.3 Å². The van der Waals surface area contributed by atoms with Crippen molar-refractivity contribution in [2.45, 2.75) is 12.5 Å². The molecular weight excluding hydrogens is 399 g/mol. The van der Waals surface area contributed by atoms with E-state index in [0.717, 1.165) is 28.8 Å². The number of carbonyl (C=O) groups is 1. The minimum absolute atomic E-state index is 0.0523. The number of hydroxylamine groups is 1. The second-order valence-corrected chi connectivity index (χ2v) is 6.65. The van der Waals surface area contributed by atoms with Crippen molar-refractivity contribution < 1.29 is 18.9 Å². The number of anilines is 1. The maximum atomic E-state index is 13.6. The van der Waals surface area contributed by atoms with Crippen molar-refractivity contribution in [3.8, 4) is 10.6 Å². The van der Waals surface area contributed by atoms with Gasteiger partial charge >= 0.3 is 0 Å². The van der Waals surface area contributed by atoms with Crippen LogP contribution in [0, 0.1) is 15.9 Å². The number of thiazole rings is 1. The van der Waals surface area contributed by atoms with Crippen LogP contribution in [0.5, 0.6) is 0 Å². The smallest absolute Gasteiger partial charge is 0.272 e. The van der Waals surface area contributed by atoms with Crippen LogP contribution >= 0.6 is 11.3 Å². The van der Waals surface area contributed by atoms with Gasteiger partial charge in [-0.25, -0.2) is 9.37 Å². The maximum Gasteiger partial charge on any atom is 0.272 e. The van der Waals surface area contributed by atoms with Gasteiger partial charge in [0.1, 0.15) is 16.9 Å². The van der Waals surface area contributed by atoms with Crippen LogP contribution in [0.25, 0.3) is 10.6 Å². The first-order valence-corrected chi connectivity index (χ1v) is 9.22. The van der Waals surface area contributed by atoms with Gasteiger partial charge < -0.3 is 0 Å². The third-order valence-electron chi connectivity index (χ3n) is 3.91. The molecule has 1 amide bonds. The molecule has 1 atom stereocenters. The Morgan fingerprint density at radius 2 is 2.10 bits per heavy atom. The topological polar surface area (TPSA) is 98.5 Å². The Morgan fingerprint density at radius 3 is 2.76 bits per heavy atom. The molecule has 0 spiro atoms. The van der Waals surface area contributed by atoms with E-state index in [1.54, 1.807) is 29.9 Å². The van der Waals surface area contributed by atoms with Crippen molar-refractivity contribution in [3.63, 3.8) is 0 Å². The van der Waals surface area contributed by atoms with Gasteiger partial charge in [0.15, 0.2) is 5.82 Å². The predicted octanol–water partition coefficient (Wildman–Crippen LogP) is 3.94. The molecule has 0 aliphatic heterocycles. The number of nitrogens with zero attached hydrogens (tertiary/aromatic N) is 4. The minimum atomic E-state index is -0.827. The summed E-state index contributed by atoms with van der Waals surface area (Å²) >= 11 is 1.31. The molecule has 8 nitrogen and oxygen atoms in total. The van der Waals surface area contributed by atoms with Crippen LogP contribution in [0.4, 0.5) is 15.9 Å². The molecule has 0 N–H and O–H groups in total. The van der Waals surface area contributed by atoms with E-state index in [1.807, 2.05) is 0 Å². The van der Waals surface area contributed by atoms with E-state index in [2.05, 4.69) is 16.5 Å². The molecular formula is C19H15FN4O4S. The molecule has 1 aromatic carbocycles. The Kier molecular flexibility index (Phi) is 6.37. The van der Waals surface area contributed by atoms with Crippen LogP contribution in [-0.2, 0) is 16.1 Å². The number of amides is 1. The lowest BCUT2D eigenvalue weighted by Gasteiger charge is -2.20. The van der Waals surface area contributed by atoms with Crippen LogP contribution in [0.2, 0.25) is 0 Å². The van der Waals surface area contributed by atoms with Gasteiger partial charge in [-0.15, -0.1) is 17.9 Å². The highest BCUT2D eigenvalue weighted by molar-refractivity contribution is 7.13. The van der Waals surface area contributed by atoms with Gasteiger partial charge in [-0.2, -0.15) is 5.06 Å². The second kappa shape index (κ2) is 9.13. The Hall–Kier alpha value is -3.50. The van der Waals surface area contributed by atoms with Crippen molar-refractivity contribution in [1.29, 1.82) is 0 Å². The number of halogens is 1. The number of rotatable bonds is 9. The van der Waals surface area contributed by atoms with E-state index < -0.39 is 16.8 Å². The zero-order chi connectivity index (χ0) is 20.8. The molecule has 148 valence electrons. The molecule has 0 saturated carbocycles. The van der Waals surface area contributed by atoms with Gasteiger partial charge in [0.25, 0.3) is 5.69 Å². The van der Waals surface area contributed by atoms with E-state index >= 15 is 0 Å². The molecule has 2 heterocycles. The summed E-state index contributed by atoms with van der Waals surface area (Å²) < 4.78 is 13.6. The number of hydrogen-bond acceptors (Lipinski definition) is 7. The molecule has 3 aromatic rings. The summed E-state index contributed by atoms with van der Waals surface area (Å²) in [5.74, 6) is -0.362. The summed E-state index contributed by atoms with van der Waals surface area (Å²) in [4.78, 5) is 36.0. The first-order valence-electron chi connectivity index (χ1n) is 8.34. The van der Waals surface area contributed by atoms with Crippen LogP contribution in [0.3, 0.4) is 0 Å². The van der Waals surface area contributed by atoms with Crippen LogP contribution < -0.4 is 5.06 Å². The summed E-state index contributed by atoms with van der Waals surface area (Å²) in [5, 5.41) is 14.4.